The number of H-pyrrole nitrogens is 1. The van der Waals surface area contributed by atoms with E-state index in [9.17, 15) is 0 Å². The summed E-state index contributed by atoms with van der Waals surface area (Å²) in [5.41, 5.74) is 1.90. The Balaban J connectivity index is 1.43. The molecule has 0 spiro atoms. The number of halogens is 2. The van der Waals surface area contributed by atoms with Gasteiger partial charge in [-0.05, 0) is 44.2 Å². The Morgan fingerprint density at radius 1 is 1.03 bits per heavy atom. The van der Waals surface area contributed by atoms with Crippen molar-refractivity contribution in [3.63, 3.8) is 0 Å². The van der Waals surface area contributed by atoms with E-state index in [2.05, 4.69) is 44.3 Å². The third kappa shape index (κ3) is 5.19. The van der Waals surface area contributed by atoms with E-state index in [-0.39, 0.29) is 0 Å². The summed E-state index contributed by atoms with van der Waals surface area (Å²) in [5, 5.41) is 7.78. The second-order valence-corrected chi connectivity index (χ2v) is 9.34. The fraction of sp³-hybridized carbons (Fsp3) is 0.292. The molecular formula is C24H25Cl2N7O. The van der Waals surface area contributed by atoms with Crippen LogP contribution in [-0.4, -0.2) is 45.1 Å². The Kier molecular flexibility index (Phi) is 6.45. The average molecular weight is 498 g/mol. The van der Waals surface area contributed by atoms with Crippen LogP contribution in [-0.2, 0) is 6.54 Å². The highest BCUT2D eigenvalue weighted by molar-refractivity contribution is 6.35. The maximum absolute atomic E-state index is 6.33. The van der Waals surface area contributed by atoms with E-state index in [1.54, 1.807) is 18.2 Å². The second kappa shape index (κ2) is 9.66. The summed E-state index contributed by atoms with van der Waals surface area (Å²) >= 11 is 12.4. The third-order valence-electron chi connectivity index (χ3n) is 5.53. The minimum Gasteiger partial charge on any atom is -0.437 e. The van der Waals surface area contributed by atoms with Crippen LogP contribution >= 0.6 is 23.2 Å². The minimum absolute atomic E-state index is 0.334. The molecule has 2 aromatic carbocycles. The van der Waals surface area contributed by atoms with Gasteiger partial charge >= 0.3 is 0 Å². The van der Waals surface area contributed by atoms with Crippen LogP contribution in [0.2, 0.25) is 10.0 Å². The van der Waals surface area contributed by atoms with Crippen LogP contribution in [0.3, 0.4) is 0 Å². The zero-order chi connectivity index (χ0) is 23.7. The minimum atomic E-state index is 0.334. The first-order valence-corrected chi connectivity index (χ1v) is 11.9. The maximum Gasteiger partial charge on any atom is 0.228 e. The van der Waals surface area contributed by atoms with Crippen LogP contribution in [0.15, 0.2) is 48.5 Å². The number of imidazole rings is 1. The summed E-state index contributed by atoms with van der Waals surface area (Å²) in [6.45, 7) is 6.41. The molecule has 4 aromatic rings. The van der Waals surface area contributed by atoms with Crippen LogP contribution < -0.4 is 20.3 Å². The number of nitrogens with one attached hydrogen (secondary N) is 3. The predicted molar refractivity (Wildman–Crippen MR) is 136 cm³/mol. The van der Waals surface area contributed by atoms with Crippen molar-refractivity contribution in [1.82, 2.24) is 25.3 Å². The SMILES string of the molecule is CC1CN(c2cc(Oc3ccc(Cl)cc3Cl)nc(NCc3nc4ccccc4[nH]3)n2)CC(C)N1. The van der Waals surface area contributed by atoms with E-state index in [0.29, 0.717) is 46.3 Å². The van der Waals surface area contributed by atoms with Crippen molar-refractivity contribution >= 4 is 46.0 Å². The number of ether oxygens (including phenoxy) is 1. The molecule has 1 saturated heterocycles. The lowest BCUT2D eigenvalue weighted by Gasteiger charge is -2.37. The molecule has 3 heterocycles. The summed E-state index contributed by atoms with van der Waals surface area (Å²) in [6.07, 6.45) is 0. The highest BCUT2D eigenvalue weighted by Gasteiger charge is 2.23. The van der Waals surface area contributed by atoms with Gasteiger partial charge in [-0.3, -0.25) is 0 Å². The number of hydrogen-bond acceptors (Lipinski definition) is 7. The smallest absolute Gasteiger partial charge is 0.228 e. The van der Waals surface area contributed by atoms with Crippen molar-refractivity contribution in [2.24, 2.45) is 0 Å². The summed E-state index contributed by atoms with van der Waals surface area (Å²) in [4.78, 5) is 19.5. The van der Waals surface area contributed by atoms with Gasteiger partial charge in [0.2, 0.25) is 11.8 Å². The number of aromatic amines is 1. The molecule has 2 atom stereocenters. The zero-order valence-electron chi connectivity index (χ0n) is 18.8. The molecule has 34 heavy (non-hydrogen) atoms. The molecule has 1 aliphatic heterocycles. The summed E-state index contributed by atoms with van der Waals surface area (Å²) < 4.78 is 6.04. The molecule has 176 valence electrons. The van der Waals surface area contributed by atoms with Crippen molar-refractivity contribution in [1.29, 1.82) is 0 Å². The molecule has 0 amide bonds. The van der Waals surface area contributed by atoms with E-state index in [0.717, 1.165) is 35.8 Å². The van der Waals surface area contributed by atoms with Crippen LogP contribution in [0.25, 0.3) is 11.0 Å². The first kappa shape index (κ1) is 22.7. The van der Waals surface area contributed by atoms with Gasteiger partial charge in [0.25, 0.3) is 0 Å². The highest BCUT2D eigenvalue weighted by atomic mass is 35.5. The van der Waals surface area contributed by atoms with Crippen molar-refractivity contribution in [2.45, 2.75) is 32.5 Å². The Labute approximate surface area is 207 Å². The Bertz CT molecular complexity index is 1270. The summed E-state index contributed by atoms with van der Waals surface area (Å²) in [5.74, 6) is 2.88. The lowest BCUT2D eigenvalue weighted by molar-refractivity contribution is 0.404. The Hall–Kier alpha value is -3.07. The molecule has 0 aliphatic carbocycles. The second-order valence-electron chi connectivity index (χ2n) is 8.49. The standard InChI is InChI=1S/C24H25Cl2N7O/c1-14-12-33(13-15(2)28-14)22-10-23(34-20-8-7-16(25)9-17(20)26)32-24(31-22)27-11-21-29-18-5-3-4-6-19(18)30-21/h3-10,14-15,28H,11-13H2,1-2H3,(H,29,30)(H,27,31,32). The molecule has 0 saturated carbocycles. The van der Waals surface area contributed by atoms with Crippen LogP contribution in [0.5, 0.6) is 11.6 Å². The molecule has 3 N–H and O–H groups in total. The van der Waals surface area contributed by atoms with Crippen LogP contribution in [0, 0.1) is 0 Å². The normalized spacial score (nSPS) is 18.3. The lowest BCUT2D eigenvalue weighted by Crippen LogP contribution is -2.54. The van der Waals surface area contributed by atoms with Gasteiger partial charge in [-0.15, -0.1) is 0 Å². The first-order valence-electron chi connectivity index (χ1n) is 11.1. The number of hydrogen-bond donors (Lipinski definition) is 3. The van der Waals surface area contributed by atoms with Crippen LogP contribution in [0.4, 0.5) is 11.8 Å². The predicted octanol–water partition coefficient (Wildman–Crippen LogP) is 5.25. The van der Waals surface area contributed by atoms with Gasteiger partial charge in [-0.1, -0.05) is 35.3 Å². The lowest BCUT2D eigenvalue weighted by atomic mass is 10.1. The number of fused-ring (bicyclic) bond motifs is 1. The van der Waals surface area contributed by atoms with Gasteiger partial charge in [0.15, 0.2) is 0 Å². The van der Waals surface area contributed by atoms with Crippen molar-refractivity contribution in [3.05, 3.63) is 64.4 Å². The number of piperazine rings is 1. The number of aromatic nitrogens is 4. The van der Waals surface area contributed by atoms with Crippen molar-refractivity contribution in [2.75, 3.05) is 23.3 Å². The molecule has 0 radical (unpaired) electrons. The molecular weight excluding hydrogens is 473 g/mol. The van der Waals surface area contributed by atoms with E-state index in [4.69, 9.17) is 32.9 Å². The van der Waals surface area contributed by atoms with Gasteiger partial charge in [0.05, 0.1) is 22.6 Å². The van der Waals surface area contributed by atoms with Gasteiger partial charge in [-0.25, -0.2) is 4.98 Å². The van der Waals surface area contributed by atoms with Crippen molar-refractivity contribution in [3.8, 4) is 11.6 Å². The van der Waals surface area contributed by atoms with Gasteiger partial charge in [-0.2, -0.15) is 9.97 Å². The fourth-order valence-electron chi connectivity index (χ4n) is 4.14. The number of benzene rings is 2. The largest absolute Gasteiger partial charge is 0.437 e. The molecule has 10 heteroatoms. The Morgan fingerprint density at radius 2 is 1.82 bits per heavy atom. The van der Waals surface area contributed by atoms with E-state index in [1.165, 1.54) is 0 Å². The van der Waals surface area contributed by atoms with E-state index < -0.39 is 0 Å². The average Bonchev–Trinajstić information content (AvgIpc) is 3.22. The number of para-hydroxylation sites is 2. The van der Waals surface area contributed by atoms with E-state index >= 15 is 0 Å². The van der Waals surface area contributed by atoms with Crippen LogP contribution in [0.1, 0.15) is 19.7 Å². The monoisotopic (exact) mass is 497 g/mol. The molecule has 5 rings (SSSR count). The van der Waals surface area contributed by atoms with Gasteiger partial charge in [0.1, 0.15) is 17.4 Å². The molecule has 1 fully saturated rings. The number of anilines is 2. The number of rotatable bonds is 6. The zero-order valence-corrected chi connectivity index (χ0v) is 20.4. The molecule has 1 aliphatic rings. The number of nitrogens with zero attached hydrogens (tertiary/aromatic N) is 4. The fourth-order valence-corrected chi connectivity index (χ4v) is 4.59. The molecule has 0 bridgehead atoms. The van der Waals surface area contributed by atoms with Gasteiger partial charge in [0, 0.05) is 36.3 Å². The van der Waals surface area contributed by atoms with Crippen molar-refractivity contribution < 1.29 is 4.74 Å². The molecule has 2 unspecified atom stereocenters. The maximum atomic E-state index is 6.33. The third-order valence-corrected chi connectivity index (χ3v) is 6.06. The van der Waals surface area contributed by atoms with Gasteiger partial charge < -0.3 is 25.3 Å². The Morgan fingerprint density at radius 3 is 2.59 bits per heavy atom. The summed E-state index contributed by atoms with van der Waals surface area (Å²) in [7, 11) is 0. The quantitative estimate of drug-likeness (QED) is 0.335. The van der Waals surface area contributed by atoms with E-state index in [1.807, 2.05) is 30.3 Å². The summed E-state index contributed by atoms with van der Waals surface area (Å²) in [6, 6.07) is 15.5. The molecule has 8 nitrogen and oxygen atoms in total. The molecule has 2 aromatic heterocycles. The topological polar surface area (TPSA) is 91.0 Å². The highest BCUT2D eigenvalue weighted by Crippen LogP contribution is 2.32. The first-order chi connectivity index (χ1) is 16.4.